The summed E-state index contributed by atoms with van der Waals surface area (Å²) in [5.74, 6) is 2.72. The van der Waals surface area contributed by atoms with Crippen LogP contribution in [0.25, 0.3) is 0 Å². The van der Waals surface area contributed by atoms with E-state index in [9.17, 15) is 0 Å². The summed E-state index contributed by atoms with van der Waals surface area (Å²) in [5.41, 5.74) is 0. The van der Waals surface area contributed by atoms with E-state index in [4.69, 9.17) is 0 Å². The molecule has 1 heterocycles. The summed E-state index contributed by atoms with van der Waals surface area (Å²) in [4.78, 5) is 0. The molecule has 0 aliphatic rings. The molecule has 0 aliphatic heterocycles. The van der Waals surface area contributed by atoms with Crippen LogP contribution in [0.5, 0.6) is 0 Å². The standard InChI is InChI=1S/C11H22N4/c1-5-12-11-14-13-10(15(11)6-2)8-7-9(3)4/h9H,5-8H2,1-4H3,(H,12,14). The Morgan fingerprint density at radius 2 is 2.00 bits per heavy atom. The Morgan fingerprint density at radius 1 is 1.27 bits per heavy atom. The zero-order chi connectivity index (χ0) is 11.3. The fourth-order valence-corrected chi connectivity index (χ4v) is 1.56. The minimum Gasteiger partial charge on any atom is -0.355 e. The minimum atomic E-state index is 0.717. The molecule has 15 heavy (non-hydrogen) atoms. The second-order valence-electron chi connectivity index (χ2n) is 4.15. The Bertz CT molecular complexity index is 291. The van der Waals surface area contributed by atoms with Gasteiger partial charge in [0, 0.05) is 19.5 Å². The molecule has 4 heteroatoms. The number of nitrogens with one attached hydrogen (secondary N) is 1. The maximum absolute atomic E-state index is 4.23. The van der Waals surface area contributed by atoms with Gasteiger partial charge in [0.2, 0.25) is 5.95 Å². The average molecular weight is 210 g/mol. The summed E-state index contributed by atoms with van der Waals surface area (Å²) < 4.78 is 2.16. The molecular formula is C11H22N4. The van der Waals surface area contributed by atoms with Crippen molar-refractivity contribution >= 4 is 5.95 Å². The van der Waals surface area contributed by atoms with Gasteiger partial charge >= 0.3 is 0 Å². The van der Waals surface area contributed by atoms with Crippen LogP contribution in [-0.4, -0.2) is 21.3 Å². The normalized spacial score (nSPS) is 11.0. The first-order chi connectivity index (χ1) is 7.19. The number of nitrogens with zero attached hydrogens (tertiary/aromatic N) is 3. The van der Waals surface area contributed by atoms with E-state index in [0.29, 0.717) is 0 Å². The van der Waals surface area contributed by atoms with Crippen LogP contribution < -0.4 is 5.32 Å². The van der Waals surface area contributed by atoms with Gasteiger partial charge in [0.1, 0.15) is 5.82 Å². The third-order valence-corrected chi connectivity index (χ3v) is 2.42. The molecule has 1 aromatic heterocycles. The van der Waals surface area contributed by atoms with Crippen molar-refractivity contribution in [2.45, 2.75) is 47.1 Å². The molecule has 1 aromatic rings. The number of anilines is 1. The third-order valence-electron chi connectivity index (χ3n) is 2.42. The van der Waals surface area contributed by atoms with E-state index in [2.05, 4.69) is 47.8 Å². The molecule has 1 rings (SSSR count). The Hall–Kier alpha value is -1.06. The van der Waals surface area contributed by atoms with Crippen LogP contribution in [0.15, 0.2) is 0 Å². The van der Waals surface area contributed by atoms with Gasteiger partial charge < -0.3 is 5.32 Å². The van der Waals surface area contributed by atoms with Crippen molar-refractivity contribution in [3.8, 4) is 0 Å². The van der Waals surface area contributed by atoms with Crippen LogP contribution >= 0.6 is 0 Å². The predicted molar refractivity (Wildman–Crippen MR) is 63.0 cm³/mol. The van der Waals surface area contributed by atoms with E-state index in [1.165, 1.54) is 6.42 Å². The number of aromatic nitrogens is 3. The number of hydrogen-bond donors (Lipinski definition) is 1. The monoisotopic (exact) mass is 210 g/mol. The number of hydrogen-bond acceptors (Lipinski definition) is 3. The Kier molecular flexibility index (Phi) is 4.59. The highest BCUT2D eigenvalue weighted by molar-refractivity contribution is 5.25. The molecule has 0 unspecified atom stereocenters. The van der Waals surface area contributed by atoms with Crippen molar-refractivity contribution < 1.29 is 0 Å². The molecule has 0 bridgehead atoms. The van der Waals surface area contributed by atoms with Gasteiger partial charge in [0.25, 0.3) is 0 Å². The van der Waals surface area contributed by atoms with Crippen LogP contribution in [-0.2, 0) is 13.0 Å². The molecule has 0 fully saturated rings. The molecule has 0 amide bonds. The van der Waals surface area contributed by atoms with Crippen molar-refractivity contribution in [2.24, 2.45) is 5.92 Å². The minimum absolute atomic E-state index is 0.717. The lowest BCUT2D eigenvalue weighted by Crippen LogP contribution is -2.09. The molecular weight excluding hydrogens is 188 g/mol. The van der Waals surface area contributed by atoms with Crippen LogP contribution in [0.3, 0.4) is 0 Å². The molecule has 0 radical (unpaired) electrons. The largest absolute Gasteiger partial charge is 0.355 e. The maximum Gasteiger partial charge on any atom is 0.224 e. The molecule has 4 nitrogen and oxygen atoms in total. The van der Waals surface area contributed by atoms with Gasteiger partial charge in [0.05, 0.1) is 0 Å². The quantitative estimate of drug-likeness (QED) is 0.783. The van der Waals surface area contributed by atoms with Crippen molar-refractivity contribution in [1.82, 2.24) is 14.8 Å². The molecule has 0 saturated carbocycles. The molecule has 0 saturated heterocycles. The third kappa shape index (κ3) is 3.22. The van der Waals surface area contributed by atoms with Crippen molar-refractivity contribution in [2.75, 3.05) is 11.9 Å². The average Bonchev–Trinajstić information content (AvgIpc) is 2.58. The smallest absolute Gasteiger partial charge is 0.224 e. The topological polar surface area (TPSA) is 42.7 Å². The second-order valence-corrected chi connectivity index (χ2v) is 4.15. The van der Waals surface area contributed by atoms with E-state index in [-0.39, 0.29) is 0 Å². The lowest BCUT2D eigenvalue weighted by Gasteiger charge is -2.08. The van der Waals surface area contributed by atoms with E-state index >= 15 is 0 Å². The van der Waals surface area contributed by atoms with Crippen LogP contribution in [0.2, 0.25) is 0 Å². The number of rotatable bonds is 6. The van der Waals surface area contributed by atoms with E-state index in [1.807, 2.05) is 0 Å². The SMILES string of the molecule is CCNc1nnc(CCC(C)C)n1CC. The van der Waals surface area contributed by atoms with Crippen molar-refractivity contribution in [3.05, 3.63) is 5.82 Å². The molecule has 0 aromatic carbocycles. The second kappa shape index (κ2) is 5.73. The predicted octanol–water partition coefficient (Wildman–Crippen LogP) is 2.32. The maximum atomic E-state index is 4.23. The number of aryl methyl sites for hydroxylation is 1. The molecule has 0 atom stereocenters. The molecule has 1 N–H and O–H groups in total. The van der Waals surface area contributed by atoms with Crippen molar-refractivity contribution in [1.29, 1.82) is 0 Å². The molecule has 0 spiro atoms. The molecule has 86 valence electrons. The van der Waals surface area contributed by atoms with Crippen LogP contribution in [0, 0.1) is 5.92 Å². The summed E-state index contributed by atoms with van der Waals surface area (Å²) in [7, 11) is 0. The lowest BCUT2D eigenvalue weighted by molar-refractivity contribution is 0.558. The van der Waals surface area contributed by atoms with Crippen LogP contribution in [0.4, 0.5) is 5.95 Å². The van der Waals surface area contributed by atoms with Gasteiger partial charge in [-0.05, 0) is 26.2 Å². The van der Waals surface area contributed by atoms with Crippen LogP contribution in [0.1, 0.15) is 39.9 Å². The van der Waals surface area contributed by atoms with Crippen molar-refractivity contribution in [3.63, 3.8) is 0 Å². The van der Waals surface area contributed by atoms with Gasteiger partial charge in [-0.2, -0.15) is 0 Å². The first-order valence-corrected chi connectivity index (χ1v) is 5.84. The Balaban J connectivity index is 2.70. The summed E-state index contributed by atoms with van der Waals surface area (Å²) in [5, 5.41) is 11.6. The van der Waals surface area contributed by atoms with E-state index in [1.54, 1.807) is 0 Å². The van der Waals surface area contributed by atoms with E-state index < -0.39 is 0 Å². The Morgan fingerprint density at radius 3 is 2.53 bits per heavy atom. The highest BCUT2D eigenvalue weighted by Gasteiger charge is 2.09. The summed E-state index contributed by atoms with van der Waals surface area (Å²) in [6.07, 6.45) is 2.19. The van der Waals surface area contributed by atoms with Gasteiger partial charge in [-0.25, -0.2) is 0 Å². The lowest BCUT2D eigenvalue weighted by atomic mass is 10.1. The zero-order valence-electron chi connectivity index (χ0n) is 10.2. The Labute approximate surface area is 92.1 Å². The fraction of sp³-hybridized carbons (Fsp3) is 0.818. The fourth-order valence-electron chi connectivity index (χ4n) is 1.56. The highest BCUT2D eigenvalue weighted by Crippen LogP contribution is 2.11. The summed E-state index contributed by atoms with van der Waals surface area (Å²) in [6, 6.07) is 0. The van der Waals surface area contributed by atoms with Gasteiger partial charge in [-0.3, -0.25) is 4.57 Å². The van der Waals surface area contributed by atoms with Gasteiger partial charge in [0.15, 0.2) is 0 Å². The summed E-state index contributed by atoms with van der Waals surface area (Å²) >= 11 is 0. The summed E-state index contributed by atoms with van der Waals surface area (Å²) in [6.45, 7) is 10.5. The first-order valence-electron chi connectivity index (χ1n) is 5.84. The zero-order valence-corrected chi connectivity index (χ0v) is 10.2. The molecule has 0 aliphatic carbocycles. The highest BCUT2D eigenvalue weighted by atomic mass is 15.3. The van der Waals surface area contributed by atoms with Gasteiger partial charge in [-0.15, -0.1) is 10.2 Å². The van der Waals surface area contributed by atoms with Gasteiger partial charge in [-0.1, -0.05) is 13.8 Å². The van der Waals surface area contributed by atoms with E-state index in [0.717, 1.165) is 37.2 Å². The first kappa shape index (κ1) is 12.0.